The fraction of sp³-hybridized carbons (Fsp3) is 0.923. The molecule has 3 N–H and O–H groups in total. The second-order valence-electron chi connectivity index (χ2n) is 5.39. The van der Waals surface area contributed by atoms with Gasteiger partial charge in [0, 0.05) is 19.1 Å². The third kappa shape index (κ3) is 3.68. The maximum absolute atomic E-state index is 11.9. The highest BCUT2D eigenvalue weighted by Gasteiger charge is 2.29. The number of amides is 1. The number of likely N-dealkylation sites (tertiary alicyclic amines) is 1. The molecule has 0 bridgehead atoms. The standard InChI is InChI=1S/C13H25N3O/c14-12-6-4-5-11(12)13(17)15-7-10-16-8-2-1-3-9-16/h11-12H,1-10,14H2,(H,15,17). The minimum absolute atomic E-state index is 0.0661. The highest BCUT2D eigenvalue weighted by molar-refractivity contribution is 5.79. The molecule has 0 aromatic heterocycles. The molecule has 4 heteroatoms. The molecule has 0 radical (unpaired) electrons. The first-order valence-corrected chi connectivity index (χ1v) is 7.03. The molecule has 0 spiro atoms. The highest BCUT2D eigenvalue weighted by Crippen LogP contribution is 2.23. The van der Waals surface area contributed by atoms with Crippen molar-refractivity contribution in [3.63, 3.8) is 0 Å². The molecule has 1 heterocycles. The Morgan fingerprint density at radius 2 is 1.94 bits per heavy atom. The largest absolute Gasteiger partial charge is 0.355 e. The number of rotatable bonds is 4. The first-order chi connectivity index (χ1) is 8.27. The summed E-state index contributed by atoms with van der Waals surface area (Å²) in [5.74, 6) is 0.239. The van der Waals surface area contributed by atoms with Crippen LogP contribution in [0.5, 0.6) is 0 Å². The van der Waals surface area contributed by atoms with E-state index in [2.05, 4.69) is 10.2 Å². The van der Waals surface area contributed by atoms with Crippen LogP contribution >= 0.6 is 0 Å². The van der Waals surface area contributed by atoms with Crippen LogP contribution in [0.4, 0.5) is 0 Å². The number of nitrogens with two attached hydrogens (primary N) is 1. The van der Waals surface area contributed by atoms with E-state index in [0.29, 0.717) is 0 Å². The van der Waals surface area contributed by atoms with E-state index in [0.717, 1.165) is 32.4 Å². The van der Waals surface area contributed by atoms with Gasteiger partial charge in [0.1, 0.15) is 0 Å². The van der Waals surface area contributed by atoms with Crippen molar-refractivity contribution < 1.29 is 4.79 Å². The summed E-state index contributed by atoms with van der Waals surface area (Å²) in [6.07, 6.45) is 7.05. The number of carbonyl (C=O) groups is 1. The summed E-state index contributed by atoms with van der Waals surface area (Å²) in [4.78, 5) is 14.3. The Kier molecular flexibility index (Phi) is 4.80. The summed E-state index contributed by atoms with van der Waals surface area (Å²) in [5.41, 5.74) is 5.92. The van der Waals surface area contributed by atoms with Crippen LogP contribution in [0.25, 0.3) is 0 Å². The molecule has 98 valence electrons. The van der Waals surface area contributed by atoms with Gasteiger partial charge in [0.05, 0.1) is 5.92 Å². The monoisotopic (exact) mass is 239 g/mol. The van der Waals surface area contributed by atoms with Crippen molar-refractivity contribution >= 4 is 5.91 Å². The summed E-state index contributed by atoms with van der Waals surface area (Å²) in [5, 5.41) is 3.04. The van der Waals surface area contributed by atoms with Crippen molar-refractivity contribution in [3.8, 4) is 0 Å². The van der Waals surface area contributed by atoms with E-state index in [1.54, 1.807) is 0 Å². The number of nitrogens with zero attached hydrogens (tertiary/aromatic N) is 1. The molecule has 1 saturated heterocycles. The minimum Gasteiger partial charge on any atom is -0.355 e. The van der Waals surface area contributed by atoms with E-state index in [-0.39, 0.29) is 17.9 Å². The smallest absolute Gasteiger partial charge is 0.224 e. The van der Waals surface area contributed by atoms with Crippen molar-refractivity contribution in [1.29, 1.82) is 0 Å². The SMILES string of the molecule is NC1CCCC1C(=O)NCCN1CCCCC1. The number of hydrogen-bond donors (Lipinski definition) is 2. The fourth-order valence-corrected chi connectivity index (χ4v) is 2.97. The first kappa shape index (κ1) is 12.8. The maximum atomic E-state index is 11.9. The van der Waals surface area contributed by atoms with Crippen LogP contribution < -0.4 is 11.1 Å². The van der Waals surface area contributed by atoms with Gasteiger partial charge in [0.25, 0.3) is 0 Å². The quantitative estimate of drug-likeness (QED) is 0.760. The van der Waals surface area contributed by atoms with Gasteiger partial charge in [-0.05, 0) is 38.8 Å². The van der Waals surface area contributed by atoms with Crippen molar-refractivity contribution in [2.24, 2.45) is 11.7 Å². The van der Waals surface area contributed by atoms with Crippen LogP contribution in [0.1, 0.15) is 38.5 Å². The Balaban J connectivity index is 1.62. The molecule has 1 aliphatic carbocycles. The van der Waals surface area contributed by atoms with Gasteiger partial charge in [-0.25, -0.2) is 0 Å². The Morgan fingerprint density at radius 1 is 1.18 bits per heavy atom. The zero-order valence-corrected chi connectivity index (χ0v) is 10.7. The summed E-state index contributed by atoms with van der Waals surface area (Å²) in [6.45, 7) is 4.16. The molecule has 2 aliphatic rings. The summed E-state index contributed by atoms with van der Waals surface area (Å²) < 4.78 is 0. The third-order valence-corrected chi connectivity index (χ3v) is 4.08. The first-order valence-electron chi connectivity index (χ1n) is 7.03. The van der Waals surface area contributed by atoms with Crippen molar-refractivity contribution in [2.45, 2.75) is 44.6 Å². The van der Waals surface area contributed by atoms with Gasteiger partial charge in [-0.1, -0.05) is 12.8 Å². The van der Waals surface area contributed by atoms with E-state index >= 15 is 0 Å². The van der Waals surface area contributed by atoms with Crippen LogP contribution in [-0.2, 0) is 4.79 Å². The van der Waals surface area contributed by atoms with Gasteiger partial charge < -0.3 is 16.0 Å². The number of carbonyl (C=O) groups excluding carboxylic acids is 1. The predicted octanol–water partition coefficient (Wildman–Crippen LogP) is 0.716. The molecule has 17 heavy (non-hydrogen) atoms. The van der Waals surface area contributed by atoms with Crippen molar-refractivity contribution in [3.05, 3.63) is 0 Å². The molecule has 2 unspecified atom stereocenters. The Bertz CT molecular complexity index is 251. The fourth-order valence-electron chi connectivity index (χ4n) is 2.97. The van der Waals surface area contributed by atoms with E-state index < -0.39 is 0 Å². The molecule has 2 fully saturated rings. The van der Waals surface area contributed by atoms with E-state index in [9.17, 15) is 4.79 Å². The molecule has 1 amide bonds. The Hall–Kier alpha value is -0.610. The van der Waals surface area contributed by atoms with E-state index in [1.165, 1.54) is 32.4 Å². The zero-order chi connectivity index (χ0) is 12.1. The van der Waals surface area contributed by atoms with E-state index in [4.69, 9.17) is 5.73 Å². The Labute approximate surface area is 104 Å². The van der Waals surface area contributed by atoms with Crippen LogP contribution in [0.3, 0.4) is 0 Å². The number of nitrogens with one attached hydrogen (secondary N) is 1. The second-order valence-corrected chi connectivity index (χ2v) is 5.39. The average Bonchev–Trinajstić information content (AvgIpc) is 2.77. The number of hydrogen-bond acceptors (Lipinski definition) is 3. The van der Waals surface area contributed by atoms with Gasteiger partial charge in [-0.3, -0.25) is 4.79 Å². The van der Waals surface area contributed by atoms with Crippen molar-refractivity contribution in [1.82, 2.24) is 10.2 Å². The summed E-state index contributed by atoms with van der Waals surface area (Å²) in [6, 6.07) is 0.0880. The van der Waals surface area contributed by atoms with Crippen LogP contribution in [0.15, 0.2) is 0 Å². The van der Waals surface area contributed by atoms with Gasteiger partial charge >= 0.3 is 0 Å². The van der Waals surface area contributed by atoms with Gasteiger partial charge in [-0.15, -0.1) is 0 Å². The average molecular weight is 239 g/mol. The van der Waals surface area contributed by atoms with Crippen LogP contribution in [0, 0.1) is 5.92 Å². The molecule has 0 aromatic carbocycles. The molecular weight excluding hydrogens is 214 g/mol. The maximum Gasteiger partial charge on any atom is 0.224 e. The minimum atomic E-state index is 0.0661. The molecule has 2 atom stereocenters. The molecule has 1 aliphatic heterocycles. The molecule has 0 aromatic rings. The molecule has 4 nitrogen and oxygen atoms in total. The normalized spacial score (nSPS) is 30.4. The van der Waals surface area contributed by atoms with Gasteiger partial charge in [-0.2, -0.15) is 0 Å². The van der Waals surface area contributed by atoms with Crippen LogP contribution in [0.2, 0.25) is 0 Å². The molecular formula is C13H25N3O. The summed E-state index contributed by atoms with van der Waals surface area (Å²) >= 11 is 0. The molecule has 1 saturated carbocycles. The lowest BCUT2D eigenvalue weighted by atomic mass is 10.0. The van der Waals surface area contributed by atoms with Crippen molar-refractivity contribution in [2.75, 3.05) is 26.2 Å². The third-order valence-electron chi connectivity index (χ3n) is 4.08. The van der Waals surface area contributed by atoms with E-state index in [1.807, 2.05) is 0 Å². The lowest BCUT2D eigenvalue weighted by Crippen LogP contribution is -2.42. The van der Waals surface area contributed by atoms with Gasteiger partial charge in [0.15, 0.2) is 0 Å². The zero-order valence-electron chi connectivity index (χ0n) is 10.7. The lowest BCUT2D eigenvalue weighted by molar-refractivity contribution is -0.125. The van der Waals surface area contributed by atoms with Gasteiger partial charge in [0.2, 0.25) is 5.91 Å². The van der Waals surface area contributed by atoms with Crippen LogP contribution in [-0.4, -0.2) is 43.0 Å². The second kappa shape index (κ2) is 6.36. The summed E-state index contributed by atoms with van der Waals surface area (Å²) in [7, 11) is 0. The Morgan fingerprint density at radius 3 is 2.59 bits per heavy atom. The topological polar surface area (TPSA) is 58.4 Å². The molecule has 2 rings (SSSR count). The lowest BCUT2D eigenvalue weighted by Gasteiger charge is -2.26. The predicted molar refractivity (Wildman–Crippen MR) is 68.6 cm³/mol. The number of piperidine rings is 1. The highest BCUT2D eigenvalue weighted by atomic mass is 16.1.